The van der Waals surface area contributed by atoms with E-state index in [0.717, 1.165) is 36.9 Å². The molecule has 0 unspecified atom stereocenters. The summed E-state index contributed by atoms with van der Waals surface area (Å²) in [6.45, 7) is 8.49. The van der Waals surface area contributed by atoms with E-state index in [1.165, 1.54) is 5.56 Å². The van der Waals surface area contributed by atoms with Gasteiger partial charge in [-0.15, -0.1) is 0 Å². The van der Waals surface area contributed by atoms with E-state index in [0.29, 0.717) is 18.1 Å². The van der Waals surface area contributed by atoms with Gasteiger partial charge in [-0.3, -0.25) is 0 Å². The summed E-state index contributed by atoms with van der Waals surface area (Å²) in [5.41, 5.74) is 3.57. The quantitative estimate of drug-likeness (QED) is 0.669. The topological polar surface area (TPSA) is 51.5 Å². The molecule has 1 aromatic heterocycles. The number of aromatic nitrogens is 1. The summed E-state index contributed by atoms with van der Waals surface area (Å²) in [6, 6.07) is 9.79. The minimum Gasteiger partial charge on any atom is -0.508 e. The van der Waals surface area contributed by atoms with Gasteiger partial charge in [-0.25, -0.2) is 4.79 Å². The van der Waals surface area contributed by atoms with Crippen LogP contribution in [0, 0.1) is 6.92 Å². The summed E-state index contributed by atoms with van der Waals surface area (Å²) in [4.78, 5) is 12.3. The number of rotatable bonds is 8. The first kappa shape index (κ1) is 20.1. The molecule has 142 valence electrons. The molecule has 2 aromatic rings. The second-order valence-corrected chi connectivity index (χ2v) is 6.97. The molecule has 0 aliphatic heterocycles. The van der Waals surface area contributed by atoms with E-state index in [2.05, 4.69) is 26.0 Å². The summed E-state index contributed by atoms with van der Waals surface area (Å²) in [6.07, 6.45) is 4.01. The van der Waals surface area contributed by atoms with Crippen molar-refractivity contribution in [1.82, 2.24) is 4.57 Å². The van der Waals surface area contributed by atoms with Crippen LogP contribution >= 0.6 is 0 Å². The van der Waals surface area contributed by atoms with E-state index in [1.807, 2.05) is 37.6 Å². The van der Waals surface area contributed by atoms with Crippen LogP contribution in [0.25, 0.3) is 0 Å². The van der Waals surface area contributed by atoms with Gasteiger partial charge in [0.25, 0.3) is 0 Å². The predicted molar refractivity (Wildman–Crippen MR) is 105 cm³/mol. The Morgan fingerprint density at radius 1 is 1.12 bits per heavy atom. The van der Waals surface area contributed by atoms with Crippen molar-refractivity contribution < 1.29 is 14.6 Å². The summed E-state index contributed by atoms with van der Waals surface area (Å²) in [5, 5.41) is 9.96. The third-order valence-corrected chi connectivity index (χ3v) is 5.20. The van der Waals surface area contributed by atoms with Crippen molar-refractivity contribution in [3.05, 3.63) is 52.8 Å². The average Bonchev–Trinajstić information content (AvgIpc) is 2.99. The fourth-order valence-electron chi connectivity index (χ4n) is 4.03. The van der Waals surface area contributed by atoms with E-state index in [4.69, 9.17) is 4.74 Å². The minimum atomic E-state index is -0.287. The number of phenols is 1. The molecule has 0 spiro atoms. The van der Waals surface area contributed by atoms with Crippen LogP contribution in [0.3, 0.4) is 0 Å². The zero-order valence-electron chi connectivity index (χ0n) is 16.6. The Morgan fingerprint density at radius 2 is 1.77 bits per heavy atom. The largest absolute Gasteiger partial charge is 0.508 e. The first-order valence-electron chi connectivity index (χ1n) is 9.54. The normalized spacial score (nSPS) is 11.6. The predicted octanol–water partition coefficient (Wildman–Crippen LogP) is 5.10. The SMILES string of the molecule is CCCC(CCC)(c1ccc(O)c(C)c1)c1ccc(C(=O)OCC)n1C. The lowest BCUT2D eigenvalue weighted by atomic mass is 9.70. The van der Waals surface area contributed by atoms with Crippen LogP contribution in [-0.2, 0) is 17.2 Å². The van der Waals surface area contributed by atoms with Crippen LogP contribution in [0.2, 0.25) is 0 Å². The number of hydrogen-bond acceptors (Lipinski definition) is 3. The second kappa shape index (κ2) is 8.43. The van der Waals surface area contributed by atoms with Gasteiger partial charge in [0.2, 0.25) is 0 Å². The molecule has 1 N–H and O–H groups in total. The highest BCUT2D eigenvalue weighted by molar-refractivity contribution is 5.88. The molecular formula is C22H31NO3. The minimum absolute atomic E-state index is 0.193. The summed E-state index contributed by atoms with van der Waals surface area (Å²) in [5.74, 6) is 0.0276. The van der Waals surface area contributed by atoms with Crippen molar-refractivity contribution in [1.29, 1.82) is 0 Å². The molecule has 0 aliphatic rings. The van der Waals surface area contributed by atoms with E-state index in [-0.39, 0.29) is 11.4 Å². The van der Waals surface area contributed by atoms with Gasteiger partial charge < -0.3 is 14.4 Å². The maximum absolute atomic E-state index is 12.3. The van der Waals surface area contributed by atoms with Crippen LogP contribution in [0.1, 0.15) is 73.8 Å². The Bertz CT molecular complexity index is 755. The van der Waals surface area contributed by atoms with Crippen LogP contribution < -0.4 is 0 Å². The number of nitrogens with zero attached hydrogens (tertiary/aromatic N) is 1. The molecule has 4 heteroatoms. The van der Waals surface area contributed by atoms with Crippen molar-refractivity contribution in [2.75, 3.05) is 6.61 Å². The highest BCUT2D eigenvalue weighted by atomic mass is 16.5. The van der Waals surface area contributed by atoms with Gasteiger partial charge >= 0.3 is 5.97 Å². The molecule has 1 heterocycles. The standard InChI is InChI=1S/C22H31NO3/c1-6-13-22(14-7-2,17-9-11-19(24)16(4)15-17)20-12-10-18(23(20)5)21(25)26-8-3/h9-12,15,24H,6-8,13-14H2,1-5H3. The average molecular weight is 357 g/mol. The lowest BCUT2D eigenvalue weighted by Crippen LogP contribution is -2.31. The number of esters is 1. The molecule has 4 nitrogen and oxygen atoms in total. The molecule has 0 atom stereocenters. The Labute approximate surface area is 156 Å². The number of ether oxygens (including phenoxy) is 1. The number of benzene rings is 1. The monoisotopic (exact) mass is 357 g/mol. The molecule has 0 radical (unpaired) electrons. The summed E-state index contributed by atoms with van der Waals surface area (Å²) >= 11 is 0. The maximum atomic E-state index is 12.3. The first-order chi connectivity index (χ1) is 12.4. The van der Waals surface area contributed by atoms with E-state index >= 15 is 0 Å². The molecule has 0 bridgehead atoms. The van der Waals surface area contributed by atoms with Crippen LogP contribution in [0.4, 0.5) is 0 Å². The molecule has 26 heavy (non-hydrogen) atoms. The highest BCUT2D eigenvalue weighted by Crippen LogP contribution is 2.42. The van der Waals surface area contributed by atoms with E-state index < -0.39 is 0 Å². The molecule has 2 rings (SSSR count). The molecular weight excluding hydrogens is 326 g/mol. The molecule has 0 aliphatic carbocycles. The van der Waals surface area contributed by atoms with Gasteiger partial charge in [0.05, 0.1) is 6.61 Å². The van der Waals surface area contributed by atoms with Gasteiger partial charge in [-0.05, 0) is 56.0 Å². The fraction of sp³-hybridized carbons (Fsp3) is 0.500. The Hall–Kier alpha value is -2.23. The molecule has 0 amide bonds. The Morgan fingerprint density at radius 3 is 2.31 bits per heavy atom. The summed E-state index contributed by atoms with van der Waals surface area (Å²) in [7, 11) is 1.94. The fourth-order valence-corrected chi connectivity index (χ4v) is 4.03. The maximum Gasteiger partial charge on any atom is 0.354 e. The number of phenolic OH excluding ortho intramolecular Hbond substituents is 1. The first-order valence-corrected chi connectivity index (χ1v) is 9.54. The Kier molecular flexibility index (Phi) is 6.52. The van der Waals surface area contributed by atoms with Gasteiger partial charge in [-0.1, -0.05) is 38.8 Å². The molecule has 1 aromatic carbocycles. The van der Waals surface area contributed by atoms with Gasteiger partial charge in [-0.2, -0.15) is 0 Å². The highest BCUT2D eigenvalue weighted by Gasteiger charge is 2.36. The molecule has 0 fully saturated rings. The second-order valence-electron chi connectivity index (χ2n) is 6.97. The van der Waals surface area contributed by atoms with Crippen LogP contribution in [0.15, 0.2) is 30.3 Å². The Balaban J connectivity index is 2.65. The summed E-state index contributed by atoms with van der Waals surface area (Å²) < 4.78 is 7.18. The molecule has 0 saturated carbocycles. The van der Waals surface area contributed by atoms with Crippen molar-refractivity contribution in [2.24, 2.45) is 7.05 Å². The van der Waals surface area contributed by atoms with Crippen molar-refractivity contribution >= 4 is 5.97 Å². The smallest absolute Gasteiger partial charge is 0.354 e. The van der Waals surface area contributed by atoms with E-state index in [1.54, 1.807) is 6.07 Å². The lowest BCUT2D eigenvalue weighted by Gasteiger charge is -2.35. The van der Waals surface area contributed by atoms with Crippen molar-refractivity contribution in [3.63, 3.8) is 0 Å². The molecule has 0 saturated heterocycles. The van der Waals surface area contributed by atoms with Gasteiger partial charge in [0.1, 0.15) is 11.4 Å². The van der Waals surface area contributed by atoms with Crippen LogP contribution in [-0.4, -0.2) is 22.2 Å². The number of aryl methyl sites for hydroxylation is 1. The number of carbonyl (C=O) groups excluding carboxylic acids is 1. The van der Waals surface area contributed by atoms with Crippen LogP contribution in [0.5, 0.6) is 5.75 Å². The third kappa shape index (κ3) is 3.64. The zero-order valence-corrected chi connectivity index (χ0v) is 16.6. The van der Waals surface area contributed by atoms with Gasteiger partial charge in [0, 0.05) is 18.2 Å². The van der Waals surface area contributed by atoms with Crippen molar-refractivity contribution in [2.45, 2.75) is 58.8 Å². The lowest BCUT2D eigenvalue weighted by molar-refractivity contribution is 0.0514. The number of hydrogen-bond donors (Lipinski definition) is 1. The van der Waals surface area contributed by atoms with E-state index in [9.17, 15) is 9.90 Å². The van der Waals surface area contributed by atoms with Gasteiger partial charge in [0.15, 0.2) is 0 Å². The zero-order chi connectivity index (χ0) is 19.3. The number of aromatic hydroxyl groups is 1. The third-order valence-electron chi connectivity index (χ3n) is 5.20. The number of carbonyl (C=O) groups is 1. The van der Waals surface area contributed by atoms with Crippen molar-refractivity contribution in [3.8, 4) is 5.75 Å².